The molecule has 1 fully saturated rings. The van der Waals surface area contributed by atoms with Gasteiger partial charge in [-0.2, -0.15) is 13.2 Å². The van der Waals surface area contributed by atoms with Crippen molar-refractivity contribution in [2.24, 2.45) is 5.73 Å². The highest BCUT2D eigenvalue weighted by Gasteiger charge is 2.35. The number of nitrogens with two attached hydrogens (primary N) is 1. The van der Waals surface area contributed by atoms with Crippen LogP contribution in [0.3, 0.4) is 0 Å². The average Bonchev–Trinajstić information content (AvgIpc) is 3.09. The van der Waals surface area contributed by atoms with E-state index in [0.29, 0.717) is 24.8 Å². The minimum atomic E-state index is -4.58. The second-order valence-corrected chi connectivity index (χ2v) is 6.91. The first-order valence-corrected chi connectivity index (χ1v) is 8.72. The predicted molar refractivity (Wildman–Crippen MR) is 91.9 cm³/mol. The van der Waals surface area contributed by atoms with E-state index >= 15 is 0 Å². The Labute approximate surface area is 160 Å². The predicted octanol–water partition coefficient (Wildman–Crippen LogP) is 3.49. The summed E-state index contributed by atoms with van der Waals surface area (Å²) in [5.74, 6) is -3.44. The Kier molecular flexibility index (Phi) is 4.64. The summed E-state index contributed by atoms with van der Waals surface area (Å²) in [5.41, 5.74) is 5.15. The summed E-state index contributed by atoms with van der Waals surface area (Å²) in [7, 11) is 0. The molecule has 0 radical (unpaired) electrons. The molecule has 0 bridgehead atoms. The fourth-order valence-electron chi connectivity index (χ4n) is 3.58. The zero-order valence-electron chi connectivity index (χ0n) is 14.8. The summed E-state index contributed by atoms with van der Waals surface area (Å²) < 4.78 is 80.3. The highest BCUT2D eigenvalue weighted by atomic mass is 19.4. The number of fused-ring (bicyclic) bond motifs is 1. The lowest BCUT2D eigenvalue weighted by Gasteiger charge is -2.37. The van der Waals surface area contributed by atoms with Crippen LogP contribution in [-0.4, -0.2) is 33.7 Å². The lowest BCUT2D eigenvalue weighted by molar-refractivity contribution is -0.140. The average molecular weight is 415 g/mol. The number of alkyl halides is 3. The van der Waals surface area contributed by atoms with Gasteiger partial charge in [0.15, 0.2) is 23.0 Å². The Bertz CT molecular complexity index is 1060. The molecule has 0 unspecified atom stereocenters. The number of benzene rings is 1. The minimum Gasteiger partial charge on any atom is -0.354 e. The van der Waals surface area contributed by atoms with Crippen LogP contribution in [0.25, 0.3) is 5.65 Å². The lowest BCUT2D eigenvalue weighted by Crippen LogP contribution is -2.48. The van der Waals surface area contributed by atoms with E-state index in [4.69, 9.17) is 5.73 Å². The van der Waals surface area contributed by atoms with Crippen LogP contribution >= 0.6 is 0 Å². The van der Waals surface area contributed by atoms with Gasteiger partial charge in [0.25, 0.3) is 0 Å². The molecule has 3 heterocycles. The molecule has 5 nitrogen and oxygen atoms in total. The molecule has 1 aromatic carbocycles. The van der Waals surface area contributed by atoms with Crippen LogP contribution in [-0.2, 0) is 6.18 Å². The van der Waals surface area contributed by atoms with Crippen molar-refractivity contribution in [3.8, 4) is 0 Å². The number of piperidine rings is 1. The first-order valence-electron chi connectivity index (χ1n) is 8.72. The van der Waals surface area contributed by atoms with Crippen molar-refractivity contribution < 1.29 is 26.3 Å². The van der Waals surface area contributed by atoms with Gasteiger partial charge in [0, 0.05) is 31.1 Å². The third-order valence-corrected chi connectivity index (χ3v) is 5.02. The zero-order valence-corrected chi connectivity index (χ0v) is 14.8. The van der Waals surface area contributed by atoms with Crippen LogP contribution in [0.1, 0.15) is 23.6 Å². The molecule has 2 atom stereocenters. The van der Waals surface area contributed by atoms with E-state index in [9.17, 15) is 26.3 Å². The van der Waals surface area contributed by atoms with Gasteiger partial charge in [-0.25, -0.2) is 22.7 Å². The van der Waals surface area contributed by atoms with Gasteiger partial charge in [-0.3, -0.25) is 0 Å². The number of imidazole rings is 1. The number of hydrogen-bond donors (Lipinski definition) is 1. The molecule has 1 aliphatic rings. The summed E-state index contributed by atoms with van der Waals surface area (Å²) >= 11 is 0. The number of rotatable bonds is 2. The quantitative estimate of drug-likeness (QED) is 0.514. The summed E-state index contributed by atoms with van der Waals surface area (Å²) in [6, 6.07) is 3.63. The van der Waals surface area contributed by atoms with Gasteiger partial charge >= 0.3 is 6.18 Å². The van der Waals surface area contributed by atoms with Crippen molar-refractivity contribution in [3.05, 3.63) is 59.2 Å². The van der Waals surface area contributed by atoms with Gasteiger partial charge < -0.3 is 10.6 Å². The second-order valence-electron chi connectivity index (χ2n) is 6.91. The van der Waals surface area contributed by atoms with E-state index in [1.165, 1.54) is 12.1 Å². The molecule has 0 saturated carbocycles. The summed E-state index contributed by atoms with van der Waals surface area (Å²) in [4.78, 5) is 5.23. The molecule has 154 valence electrons. The van der Waals surface area contributed by atoms with Gasteiger partial charge in [0.05, 0.1) is 6.20 Å². The third kappa shape index (κ3) is 3.61. The molecule has 0 spiro atoms. The van der Waals surface area contributed by atoms with Crippen LogP contribution in [0, 0.1) is 17.5 Å². The summed E-state index contributed by atoms with van der Waals surface area (Å²) in [5, 5.41) is 4.15. The normalized spacial score (nSPS) is 20.4. The lowest BCUT2D eigenvalue weighted by atomic mass is 9.85. The molecule has 3 aromatic rings. The molecule has 1 saturated heterocycles. The third-order valence-electron chi connectivity index (χ3n) is 5.02. The molecule has 1 aliphatic heterocycles. The minimum absolute atomic E-state index is 0.00360. The van der Waals surface area contributed by atoms with Crippen molar-refractivity contribution in [1.82, 2.24) is 14.6 Å². The molecule has 0 amide bonds. The molecule has 0 aliphatic carbocycles. The van der Waals surface area contributed by atoms with Crippen LogP contribution in [0.4, 0.5) is 32.2 Å². The topological polar surface area (TPSA) is 59.5 Å². The van der Waals surface area contributed by atoms with E-state index in [2.05, 4.69) is 10.1 Å². The Morgan fingerprint density at radius 1 is 1.03 bits per heavy atom. The van der Waals surface area contributed by atoms with E-state index in [-0.39, 0.29) is 17.8 Å². The van der Waals surface area contributed by atoms with Gasteiger partial charge in [-0.15, -0.1) is 5.10 Å². The monoisotopic (exact) mass is 415 g/mol. The standard InChI is InChI=1S/C18H15F6N5/c19-11-6-13(21)12(20)5-10(11)9-3-4-28(7-14(9)25)17-2-1-16-26-15(18(22,23)24)8-29(16)27-17/h1-2,5-6,8-9,14H,3-4,7,25H2/t9-,14+/m1/s1. The fourth-order valence-corrected chi connectivity index (χ4v) is 3.58. The van der Waals surface area contributed by atoms with Crippen LogP contribution < -0.4 is 10.6 Å². The Morgan fingerprint density at radius 2 is 1.76 bits per heavy atom. The fraction of sp³-hybridized carbons (Fsp3) is 0.333. The van der Waals surface area contributed by atoms with Crippen molar-refractivity contribution >= 4 is 11.5 Å². The van der Waals surface area contributed by atoms with Crippen molar-refractivity contribution in [1.29, 1.82) is 0 Å². The number of nitrogens with zero attached hydrogens (tertiary/aromatic N) is 4. The molecule has 29 heavy (non-hydrogen) atoms. The van der Waals surface area contributed by atoms with Crippen LogP contribution in [0.2, 0.25) is 0 Å². The molecule has 4 rings (SSSR count). The highest BCUT2D eigenvalue weighted by molar-refractivity contribution is 5.48. The van der Waals surface area contributed by atoms with Gasteiger partial charge in [-0.1, -0.05) is 0 Å². The van der Waals surface area contributed by atoms with E-state index in [1.54, 1.807) is 4.90 Å². The molecular formula is C18H15F6N5. The molecular weight excluding hydrogens is 400 g/mol. The first-order chi connectivity index (χ1) is 13.6. The Balaban J connectivity index is 1.56. The maximum absolute atomic E-state index is 14.1. The number of aromatic nitrogens is 3. The van der Waals surface area contributed by atoms with Gasteiger partial charge in [0.1, 0.15) is 11.6 Å². The number of hydrogen-bond acceptors (Lipinski definition) is 4. The second kappa shape index (κ2) is 6.90. The largest absolute Gasteiger partial charge is 0.434 e. The number of anilines is 1. The maximum atomic E-state index is 14.1. The summed E-state index contributed by atoms with van der Waals surface area (Å²) in [6.07, 6.45) is -3.45. The van der Waals surface area contributed by atoms with Crippen molar-refractivity contribution in [3.63, 3.8) is 0 Å². The van der Waals surface area contributed by atoms with E-state index in [1.807, 2.05) is 0 Å². The highest BCUT2D eigenvalue weighted by Crippen LogP contribution is 2.32. The zero-order chi connectivity index (χ0) is 20.9. The van der Waals surface area contributed by atoms with Crippen LogP contribution in [0.15, 0.2) is 30.5 Å². The van der Waals surface area contributed by atoms with Gasteiger partial charge in [-0.05, 0) is 30.2 Å². The first kappa shape index (κ1) is 19.5. The summed E-state index contributed by atoms with van der Waals surface area (Å²) in [6.45, 7) is 0.568. The van der Waals surface area contributed by atoms with Crippen LogP contribution in [0.5, 0.6) is 0 Å². The smallest absolute Gasteiger partial charge is 0.354 e. The van der Waals surface area contributed by atoms with Crippen molar-refractivity contribution in [2.75, 3.05) is 18.0 Å². The van der Waals surface area contributed by atoms with Crippen molar-refractivity contribution in [2.45, 2.75) is 24.6 Å². The molecule has 11 heteroatoms. The Hall–Kier alpha value is -2.82. The van der Waals surface area contributed by atoms with Gasteiger partial charge in [0.2, 0.25) is 0 Å². The Morgan fingerprint density at radius 3 is 2.45 bits per heavy atom. The maximum Gasteiger partial charge on any atom is 0.434 e. The number of halogens is 6. The van der Waals surface area contributed by atoms with E-state index in [0.717, 1.165) is 16.8 Å². The SMILES string of the molecule is N[C@H]1CN(c2ccc3nc(C(F)(F)F)cn3n2)CC[C@@H]1c1cc(F)c(F)cc1F. The molecule has 2 aromatic heterocycles. The molecule has 2 N–H and O–H groups in total. The van der Waals surface area contributed by atoms with E-state index < -0.39 is 41.3 Å².